The molecule has 1 aromatic heterocycles. The van der Waals surface area contributed by atoms with E-state index in [1.54, 1.807) is 0 Å². The highest BCUT2D eigenvalue weighted by Crippen LogP contribution is 2.19. The summed E-state index contributed by atoms with van der Waals surface area (Å²) in [4.78, 5) is 0. The van der Waals surface area contributed by atoms with Gasteiger partial charge in [-0.2, -0.15) is 5.10 Å². The Balaban J connectivity index is 2.44. The largest absolute Gasteiger partial charge is 0.311 e. The number of alkyl halides is 1. The Bertz CT molecular complexity index is 323. The first-order chi connectivity index (χ1) is 7.02. The Hall–Kier alpha value is -0.0600. The van der Waals surface area contributed by atoms with E-state index in [9.17, 15) is 0 Å². The molecule has 3 nitrogen and oxygen atoms in total. The van der Waals surface area contributed by atoms with Crippen LogP contribution >= 0.6 is 27.5 Å². The Kier molecular flexibility index (Phi) is 5.09. The van der Waals surface area contributed by atoms with Gasteiger partial charge in [0.1, 0.15) is 0 Å². The smallest absolute Gasteiger partial charge is 0.0739 e. The van der Waals surface area contributed by atoms with Gasteiger partial charge in [0.15, 0.2) is 0 Å². The molecule has 0 saturated carbocycles. The van der Waals surface area contributed by atoms with E-state index >= 15 is 0 Å². The molecule has 1 atom stereocenters. The van der Waals surface area contributed by atoms with Crippen molar-refractivity contribution in [3.8, 4) is 0 Å². The van der Waals surface area contributed by atoms with E-state index in [0.29, 0.717) is 0 Å². The van der Waals surface area contributed by atoms with Gasteiger partial charge in [-0.15, -0.1) is 11.6 Å². The third kappa shape index (κ3) is 3.78. The van der Waals surface area contributed by atoms with Crippen LogP contribution in [0.1, 0.15) is 24.7 Å². The molecule has 5 heteroatoms. The summed E-state index contributed by atoms with van der Waals surface area (Å²) in [7, 11) is 1.96. The molecule has 1 rings (SSSR count). The minimum Gasteiger partial charge on any atom is -0.311 e. The van der Waals surface area contributed by atoms with Crippen molar-refractivity contribution in [2.45, 2.75) is 32.2 Å². The second kappa shape index (κ2) is 5.87. The molecule has 86 valence electrons. The van der Waals surface area contributed by atoms with E-state index in [1.807, 2.05) is 25.6 Å². The van der Waals surface area contributed by atoms with Crippen molar-refractivity contribution in [1.29, 1.82) is 0 Å². The minimum atomic E-state index is 0.231. The highest BCUT2D eigenvalue weighted by molar-refractivity contribution is 9.10. The first-order valence-electron chi connectivity index (χ1n) is 5.05. The molecule has 0 amide bonds. The lowest BCUT2D eigenvalue weighted by molar-refractivity contribution is 0.602. The molecule has 1 N–H and O–H groups in total. The van der Waals surface area contributed by atoms with E-state index in [-0.39, 0.29) is 5.38 Å². The Morgan fingerprint density at radius 3 is 2.73 bits per heavy atom. The number of hydrogen-bond acceptors (Lipinski definition) is 2. The van der Waals surface area contributed by atoms with Crippen LogP contribution < -0.4 is 5.32 Å². The normalized spacial score (nSPS) is 13.1. The summed E-state index contributed by atoms with van der Waals surface area (Å²) in [6.45, 7) is 5.75. The average molecular weight is 295 g/mol. The SMILES string of the molecule is Cc1nn(C)c(CNCCC(C)Cl)c1Br. The molecule has 0 bridgehead atoms. The monoisotopic (exact) mass is 293 g/mol. The highest BCUT2D eigenvalue weighted by Gasteiger charge is 2.09. The lowest BCUT2D eigenvalue weighted by Gasteiger charge is -2.06. The molecule has 0 saturated heterocycles. The van der Waals surface area contributed by atoms with Crippen LogP contribution in [-0.2, 0) is 13.6 Å². The molecule has 1 unspecified atom stereocenters. The van der Waals surface area contributed by atoms with Crippen molar-refractivity contribution in [3.63, 3.8) is 0 Å². The highest BCUT2D eigenvalue weighted by atomic mass is 79.9. The van der Waals surface area contributed by atoms with E-state index in [4.69, 9.17) is 11.6 Å². The van der Waals surface area contributed by atoms with Crippen molar-refractivity contribution in [1.82, 2.24) is 15.1 Å². The summed E-state index contributed by atoms with van der Waals surface area (Å²) in [5, 5.41) is 7.91. The van der Waals surface area contributed by atoms with E-state index in [0.717, 1.165) is 29.7 Å². The van der Waals surface area contributed by atoms with E-state index < -0.39 is 0 Å². The number of hydrogen-bond donors (Lipinski definition) is 1. The van der Waals surface area contributed by atoms with Crippen LogP contribution in [0.4, 0.5) is 0 Å². The van der Waals surface area contributed by atoms with Gasteiger partial charge in [0.25, 0.3) is 0 Å². The van der Waals surface area contributed by atoms with Gasteiger partial charge in [-0.1, -0.05) is 0 Å². The fourth-order valence-electron chi connectivity index (χ4n) is 1.38. The molecule has 0 fully saturated rings. The molecule has 0 aliphatic carbocycles. The van der Waals surface area contributed by atoms with Crippen LogP contribution in [0.25, 0.3) is 0 Å². The van der Waals surface area contributed by atoms with Crippen molar-refractivity contribution >= 4 is 27.5 Å². The average Bonchev–Trinajstić information content (AvgIpc) is 2.37. The lowest BCUT2D eigenvalue weighted by atomic mass is 10.3. The zero-order valence-electron chi connectivity index (χ0n) is 9.35. The molecule has 0 spiro atoms. The van der Waals surface area contributed by atoms with Gasteiger partial charge in [0.05, 0.1) is 15.9 Å². The van der Waals surface area contributed by atoms with Gasteiger partial charge in [0.2, 0.25) is 0 Å². The van der Waals surface area contributed by atoms with Crippen molar-refractivity contribution < 1.29 is 0 Å². The summed E-state index contributed by atoms with van der Waals surface area (Å²) in [5.41, 5.74) is 2.20. The molecule has 1 aromatic rings. The zero-order valence-corrected chi connectivity index (χ0v) is 11.7. The number of rotatable bonds is 5. The topological polar surface area (TPSA) is 29.9 Å². The summed E-state index contributed by atoms with van der Waals surface area (Å²) >= 11 is 9.39. The predicted octanol–water partition coefficient (Wildman–Crippen LogP) is 2.60. The number of halogens is 2. The number of nitrogens with one attached hydrogen (secondary N) is 1. The predicted molar refractivity (Wildman–Crippen MR) is 67.3 cm³/mol. The number of aryl methyl sites for hydroxylation is 2. The second-order valence-corrected chi connectivity index (χ2v) is 5.25. The Morgan fingerprint density at radius 2 is 2.27 bits per heavy atom. The zero-order chi connectivity index (χ0) is 11.4. The maximum Gasteiger partial charge on any atom is 0.0739 e. The fourth-order valence-corrected chi connectivity index (χ4v) is 1.97. The third-order valence-electron chi connectivity index (χ3n) is 2.27. The Labute approximate surface area is 104 Å². The van der Waals surface area contributed by atoms with Crippen LogP contribution in [0.15, 0.2) is 4.47 Å². The summed E-state index contributed by atoms with van der Waals surface area (Å²) in [6.07, 6.45) is 0.982. The minimum absolute atomic E-state index is 0.231. The third-order valence-corrected chi connectivity index (χ3v) is 3.52. The fraction of sp³-hybridized carbons (Fsp3) is 0.700. The van der Waals surface area contributed by atoms with Crippen LogP contribution in [0.2, 0.25) is 0 Å². The van der Waals surface area contributed by atoms with Crippen molar-refractivity contribution in [2.75, 3.05) is 6.54 Å². The van der Waals surface area contributed by atoms with Gasteiger partial charge in [0, 0.05) is 19.0 Å². The van der Waals surface area contributed by atoms with Gasteiger partial charge in [-0.05, 0) is 42.7 Å². The van der Waals surface area contributed by atoms with Gasteiger partial charge < -0.3 is 5.32 Å². The van der Waals surface area contributed by atoms with Gasteiger partial charge in [-0.3, -0.25) is 4.68 Å². The standard InChI is InChI=1S/C10H17BrClN3/c1-7(12)4-5-13-6-9-10(11)8(2)14-15(9)3/h7,13H,4-6H2,1-3H3. The molecule has 1 heterocycles. The van der Waals surface area contributed by atoms with Crippen molar-refractivity contribution in [3.05, 3.63) is 15.9 Å². The van der Waals surface area contributed by atoms with Crippen LogP contribution in [0.3, 0.4) is 0 Å². The van der Waals surface area contributed by atoms with Crippen LogP contribution in [-0.4, -0.2) is 21.7 Å². The Morgan fingerprint density at radius 1 is 1.60 bits per heavy atom. The summed E-state index contributed by atoms with van der Waals surface area (Å²) < 4.78 is 2.99. The molecule has 0 radical (unpaired) electrons. The second-order valence-electron chi connectivity index (χ2n) is 3.72. The van der Waals surface area contributed by atoms with Gasteiger partial charge in [-0.25, -0.2) is 0 Å². The van der Waals surface area contributed by atoms with E-state index in [1.165, 1.54) is 5.69 Å². The number of aromatic nitrogens is 2. The first-order valence-corrected chi connectivity index (χ1v) is 6.28. The lowest BCUT2D eigenvalue weighted by Crippen LogP contribution is -2.19. The summed E-state index contributed by atoms with van der Waals surface area (Å²) in [6, 6.07) is 0. The van der Waals surface area contributed by atoms with Crippen LogP contribution in [0.5, 0.6) is 0 Å². The molecular formula is C10H17BrClN3. The molecular weight excluding hydrogens is 277 g/mol. The maximum atomic E-state index is 5.86. The molecule has 15 heavy (non-hydrogen) atoms. The molecule has 0 aromatic carbocycles. The molecule has 0 aliphatic heterocycles. The maximum absolute atomic E-state index is 5.86. The van der Waals surface area contributed by atoms with Crippen molar-refractivity contribution in [2.24, 2.45) is 7.05 Å². The van der Waals surface area contributed by atoms with Gasteiger partial charge >= 0.3 is 0 Å². The van der Waals surface area contributed by atoms with E-state index in [2.05, 4.69) is 26.3 Å². The quantitative estimate of drug-likeness (QED) is 0.668. The van der Waals surface area contributed by atoms with Crippen LogP contribution in [0, 0.1) is 6.92 Å². The summed E-state index contributed by atoms with van der Waals surface area (Å²) in [5.74, 6) is 0. The first kappa shape index (κ1) is 13.0. The number of nitrogens with zero attached hydrogens (tertiary/aromatic N) is 2. The molecule has 0 aliphatic rings.